The predicted octanol–water partition coefficient (Wildman–Crippen LogP) is 3.42. The van der Waals surface area contributed by atoms with Crippen LogP contribution in [0.15, 0.2) is 12.3 Å². The van der Waals surface area contributed by atoms with Crippen LogP contribution >= 0.6 is 0 Å². The van der Waals surface area contributed by atoms with E-state index in [-0.39, 0.29) is 18.2 Å². The van der Waals surface area contributed by atoms with Crippen molar-refractivity contribution in [1.82, 2.24) is 4.90 Å². The number of fused-ring (bicyclic) bond motifs is 1. The highest BCUT2D eigenvalue weighted by atomic mass is 16.6. The zero-order valence-electron chi connectivity index (χ0n) is 18.3. The Morgan fingerprint density at radius 1 is 1.14 bits per heavy atom. The normalized spacial score (nSPS) is 32.3. The highest BCUT2D eigenvalue weighted by Crippen LogP contribution is 2.34. The van der Waals surface area contributed by atoms with Gasteiger partial charge in [0.2, 0.25) is 0 Å². The first-order valence-corrected chi connectivity index (χ1v) is 11.5. The standard InChI is InChI=1S/C23H39NO5/c1-4-27-22(26)23(2,3)29-20-9-7-19(8-10-20)28-15-5-13-24-14-12-17-16-18(25)6-11-21(17)24/h12,14,17-21,25H,4-11,13,15-16H2,1-3H3. The van der Waals surface area contributed by atoms with Crippen LogP contribution in [0.3, 0.4) is 0 Å². The number of hydrogen-bond acceptors (Lipinski definition) is 6. The van der Waals surface area contributed by atoms with Crippen LogP contribution in [0.4, 0.5) is 0 Å². The van der Waals surface area contributed by atoms with Crippen molar-refractivity contribution in [2.45, 2.75) is 102 Å². The quantitative estimate of drug-likeness (QED) is 0.465. The number of nitrogens with zero attached hydrogens (tertiary/aromatic N) is 1. The molecule has 0 bridgehead atoms. The van der Waals surface area contributed by atoms with Gasteiger partial charge in [-0.05, 0) is 78.3 Å². The van der Waals surface area contributed by atoms with Crippen LogP contribution in [0.5, 0.6) is 0 Å². The van der Waals surface area contributed by atoms with E-state index in [1.165, 1.54) is 0 Å². The molecule has 6 heteroatoms. The maximum atomic E-state index is 12.0. The molecular formula is C23H39NO5. The number of rotatable bonds is 9. The molecule has 29 heavy (non-hydrogen) atoms. The summed E-state index contributed by atoms with van der Waals surface area (Å²) in [7, 11) is 0. The van der Waals surface area contributed by atoms with Crippen molar-refractivity contribution in [2.24, 2.45) is 5.92 Å². The number of hydrogen-bond donors (Lipinski definition) is 1. The van der Waals surface area contributed by atoms with E-state index in [0.717, 1.165) is 64.5 Å². The topological polar surface area (TPSA) is 68.2 Å². The highest BCUT2D eigenvalue weighted by molar-refractivity contribution is 5.78. The van der Waals surface area contributed by atoms with Crippen LogP contribution in [0, 0.1) is 5.92 Å². The van der Waals surface area contributed by atoms with Gasteiger partial charge in [0.05, 0.1) is 24.9 Å². The maximum Gasteiger partial charge on any atom is 0.337 e. The zero-order valence-corrected chi connectivity index (χ0v) is 18.3. The van der Waals surface area contributed by atoms with Crippen LogP contribution in [0.1, 0.15) is 72.1 Å². The molecule has 3 rings (SSSR count). The third-order valence-corrected chi connectivity index (χ3v) is 6.55. The lowest BCUT2D eigenvalue weighted by Crippen LogP contribution is -2.41. The molecule has 1 aliphatic heterocycles. The largest absolute Gasteiger partial charge is 0.464 e. The van der Waals surface area contributed by atoms with Gasteiger partial charge in [0.25, 0.3) is 0 Å². The fourth-order valence-electron chi connectivity index (χ4n) is 4.94. The fourth-order valence-corrected chi connectivity index (χ4v) is 4.94. The van der Waals surface area contributed by atoms with Crippen molar-refractivity contribution in [3.8, 4) is 0 Å². The second-order valence-electron chi connectivity index (χ2n) is 9.25. The SMILES string of the molecule is CCOC(=O)C(C)(C)OC1CCC(OCCCN2C=CC3CC(O)CCC32)CC1. The average molecular weight is 410 g/mol. The number of carbonyl (C=O) groups excluding carboxylic acids is 1. The van der Waals surface area contributed by atoms with Gasteiger partial charge in [-0.25, -0.2) is 4.79 Å². The van der Waals surface area contributed by atoms with Crippen molar-refractivity contribution in [2.75, 3.05) is 19.8 Å². The maximum absolute atomic E-state index is 12.0. The summed E-state index contributed by atoms with van der Waals surface area (Å²) < 4.78 is 17.3. The molecule has 6 nitrogen and oxygen atoms in total. The smallest absolute Gasteiger partial charge is 0.337 e. The molecule has 3 unspecified atom stereocenters. The van der Waals surface area contributed by atoms with Gasteiger partial charge in [-0.15, -0.1) is 0 Å². The second kappa shape index (κ2) is 10.3. The van der Waals surface area contributed by atoms with Crippen molar-refractivity contribution >= 4 is 5.97 Å². The molecule has 0 aromatic heterocycles. The average Bonchev–Trinajstić information content (AvgIpc) is 3.08. The van der Waals surface area contributed by atoms with E-state index >= 15 is 0 Å². The van der Waals surface area contributed by atoms with Crippen molar-refractivity contribution in [1.29, 1.82) is 0 Å². The van der Waals surface area contributed by atoms with Crippen LogP contribution in [-0.4, -0.2) is 65.7 Å². The molecule has 0 aromatic rings. The van der Waals surface area contributed by atoms with E-state index in [1.54, 1.807) is 13.8 Å². The van der Waals surface area contributed by atoms with E-state index in [0.29, 0.717) is 24.7 Å². The molecule has 2 saturated carbocycles. The van der Waals surface area contributed by atoms with E-state index in [4.69, 9.17) is 14.2 Å². The second-order valence-corrected chi connectivity index (χ2v) is 9.25. The summed E-state index contributed by atoms with van der Waals surface area (Å²) >= 11 is 0. The minimum absolute atomic E-state index is 0.0996. The van der Waals surface area contributed by atoms with Gasteiger partial charge >= 0.3 is 5.97 Å². The summed E-state index contributed by atoms with van der Waals surface area (Å²) in [6.45, 7) is 7.59. The molecule has 166 valence electrons. The molecule has 2 fully saturated rings. The van der Waals surface area contributed by atoms with Gasteiger partial charge in [0.1, 0.15) is 0 Å². The van der Waals surface area contributed by atoms with E-state index in [1.807, 2.05) is 6.92 Å². The summed E-state index contributed by atoms with van der Waals surface area (Å²) in [6.07, 6.45) is 12.5. The molecule has 0 saturated heterocycles. The van der Waals surface area contributed by atoms with Crippen LogP contribution < -0.4 is 0 Å². The number of aliphatic hydroxyl groups excluding tert-OH is 1. The van der Waals surface area contributed by atoms with Gasteiger partial charge < -0.3 is 24.2 Å². The predicted molar refractivity (Wildman–Crippen MR) is 111 cm³/mol. The van der Waals surface area contributed by atoms with Crippen molar-refractivity contribution < 1.29 is 24.1 Å². The van der Waals surface area contributed by atoms with Crippen LogP contribution in [0.2, 0.25) is 0 Å². The molecule has 0 amide bonds. The van der Waals surface area contributed by atoms with E-state index in [2.05, 4.69) is 17.2 Å². The molecule has 3 atom stereocenters. The van der Waals surface area contributed by atoms with Crippen molar-refractivity contribution in [3.63, 3.8) is 0 Å². The number of aliphatic hydroxyl groups is 1. The summed E-state index contributed by atoms with van der Waals surface area (Å²) in [4.78, 5) is 14.4. The zero-order chi connectivity index (χ0) is 20.9. The minimum atomic E-state index is -0.884. The lowest BCUT2D eigenvalue weighted by atomic mass is 9.84. The first-order valence-electron chi connectivity index (χ1n) is 11.5. The third kappa shape index (κ3) is 6.19. The van der Waals surface area contributed by atoms with E-state index < -0.39 is 5.60 Å². The summed E-state index contributed by atoms with van der Waals surface area (Å²) in [5.74, 6) is 0.234. The lowest BCUT2D eigenvalue weighted by Gasteiger charge is -2.35. The Hall–Kier alpha value is -1.11. The van der Waals surface area contributed by atoms with Gasteiger partial charge in [-0.3, -0.25) is 0 Å². The molecule has 2 aliphatic carbocycles. The van der Waals surface area contributed by atoms with Crippen molar-refractivity contribution in [3.05, 3.63) is 12.3 Å². The Kier molecular flexibility index (Phi) is 7.99. The molecule has 1 heterocycles. The molecule has 3 aliphatic rings. The van der Waals surface area contributed by atoms with Gasteiger partial charge in [-0.2, -0.15) is 0 Å². The van der Waals surface area contributed by atoms with Gasteiger partial charge in [0, 0.05) is 25.1 Å². The Bertz CT molecular complexity index is 555. The number of carbonyl (C=O) groups is 1. The summed E-state index contributed by atoms with van der Waals surface area (Å²) in [5.41, 5.74) is -0.884. The Labute approximate surface area is 175 Å². The first-order chi connectivity index (χ1) is 13.9. The van der Waals surface area contributed by atoms with Gasteiger partial charge in [-0.1, -0.05) is 6.08 Å². The minimum Gasteiger partial charge on any atom is -0.464 e. The molecule has 1 N–H and O–H groups in total. The summed E-state index contributed by atoms with van der Waals surface area (Å²) in [6, 6.07) is 0.578. The fraction of sp³-hybridized carbons (Fsp3) is 0.870. The first kappa shape index (κ1) is 22.6. The van der Waals surface area contributed by atoms with Crippen LogP contribution in [0.25, 0.3) is 0 Å². The van der Waals surface area contributed by atoms with Crippen LogP contribution in [-0.2, 0) is 19.0 Å². The Morgan fingerprint density at radius 3 is 2.59 bits per heavy atom. The number of esters is 1. The molecule has 0 radical (unpaired) electrons. The third-order valence-electron chi connectivity index (χ3n) is 6.55. The molecular weight excluding hydrogens is 370 g/mol. The lowest BCUT2D eigenvalue weighted by molar-refractivity contribution is -0.177. The highest BCUT2D eigenvalue weighted by Gasteiger charge is 2.36. The molecule has 0 aromatic carbocycles. The summed E-state index contributed by atoms with van der Waals surface area (Å²) in [5, 5.41) is 9.83. The monoisotopic (exact) mass is 409 g/mol. The Balaban J connectivity index is 1.29. The van der Waals surface area contributed by atoms with E-state index in [9.17, 15) is 9.90 Å². The Morgan fingerprint density at radius 2 is 1.86 bits per heavy atom. The molecule has 0 spiro atoms. The number of ether oxygens (including phenoxy) is 3. The van der Waals surface area contributed by atoms with Gasteiger partial charge in [0.15, 0.2) is 5.60 Å².